The van der Waals surface area contributed by atoms with Crippen molar-refractivity contribution in [3.63, 3.8) is 0 Å². The summed E-state index contributed by atoms with van der Waals surface area (Å²) in [4.78, 5) is 3.70. The fraction of sp³-hybridized carbons (Fsp3) is 0.0870. The second-order valence-corrected chi connectivity index (χ2v) is 9.12. The van der Waals surface area contributed by atoms with Crippen molar-refractivity contribution in [2.24, 2.45) is 0 Å². The van der Waals surface area contributed by atoms with Crippen molar-refractivity contribution >= 4 is 15.7 Å². The van der Waals surface area contributed by atoms with E-state index >= 15 is 0 Å². The number of rotatable bonds is 3. The fourth-order valence-electron chi connectivity index (χ4n) is 4.01. The predicted molar refractivity (Wildman–Crippen MR) is 113 cm³/mol. The van der Waals surface area contributed by atoms with E-state index in [1.165, 1.54) is 10.4 Å². The molecule has 3 heterocycles. The summed E-state index contributed by atoms with van der Waals surface area (Å²) in [5, 5.41) is 0. The highest BCUT2D eigenvalue weighted by molar-refractivity contribution is 7.92. The van der Waals surface area contributed by atoms with E-state index in [9.17, 15) is 21.6 Å². The van der Waals surface area contributed by atoms with Gasteiger partial charge in [-0.15, -0.1) is 0 Å². The Labute approximate surface area is 182 Å². The molecule has 4 aromatic rings. The Morgan fingerprint density at radius 3 is 2.38 bits per heavy atom. The van der Waals surface area contributed by atoms with Gasteiger partial charge in [0.1, 0.15) is 6.04 Å². The Bertz CT molecular complexity index is 1400. The van der Waals surface area contributed by atoms with E-state index in [0.29, 0.717) is 28.7 Å². The van der Waals surface area contributed by atoms with Gasteiger partial charge >= 0.3 is 6.18 Å². The average molecular weight is 455 g/mol. The van der Waals surface area contributed by atoms with E-state index in [-0.39, 0.29) is 0 Å². The monoisotopic (exact) mass is 455 g/mol. The molecule has 0 aliphatic carbocycles. The van der Waals surface area contributed by atoms with Gasteiger partial charge < -0.3 is 4.57 Å². The summed E-state index contributed by atoms with van der Waals surface area (Å²) in [5.74, 6) is 0. The van der Waals surface area contributed by atoms with Crippen molar-refractivity contribution in [3.05, 3.63) is 108 Å². The Morgan fingerprint density at radius 2 is 1.66 bits per heavy atom. The zero-order valence-corrected chi connectivity index (χ0v) is 17.3. The second-order valence-electron chi connectivity index (χ2n) is 7.31. The molecule has 0 fully saturated rings. The molecule has 0 spiro atoms. The third-order valence-electron chi connectivity index (χ3n) is 5.39. The molecule has 162 valence electrons. The van der Waals surface area contributed by atoms with Crippen LogP contribution in [0.4, 0.5) is 18.9 Å². The minimum Gasteiger partial charge on any atom is -0.316 e. The highest BCUT2D eigenvalue weighted by Crippen LogP contribution is 2.45. The first kappa shape index (κ1) is 20.3. The average Bonchev–Trinajstić information content (AvgIpc) is 3.28. The van der Waals surface area contributed by atoms with Gasteiger partial charge in [0.2, 0.25) is 0 Å². The molecule has 1 aliphatic rings. The van der Waals surface area contributed by atoms with E-state index in [0.717, 1.165) is 12.1 Å². The zero-order valence-electron chi connectivity index (χ0n) is 16.4. The summed E-state index contributed by atoms with van der Waals surface area (Å²) in [6.07, 6.45) is 0.296. The molecule has 1 aliphatic heterocycles. The molecule has 0 radical (unpaired) electrons. The topological polar surface area (TPSA) is 55.2 Å². The van der Waals surface area contributed by atoms with E-state index in [4.69, 9.17) is 0 Å². The fourth-order valence-corrected chi connectivity index (χ4v) is 5.68. The van der Waals surface area contributed by atoms with Crippen LogP contribution in [0.15, 0.2) is 96.3 Å². The molecule has 2 aromatic heterocycles. The number of alkyl halides is 3. The lowest BCUT2D eigenvalue weighted by atomic mass is 10.0. The summed E-state index contributed by atoms with van der Waals surface area (Å²) >= 11 is 0. The number of hydrogen-bond acceptors (Lipinski definition) is 3. The van der Waals surface area contributed by atoms with Gasteiger partial charge in [-0.05, 0) is 54.1 Å². The third kappa shape index (κ3) is 3.16. The minimum absolute atomic E-state index is 0.363. The molecular formula is C23H16F3N3O2S. The number of benzene rings is 2. The summed E-state index contributed by atoms with van der Waals surface area (Å²) in [5.41, 5.74) is 1.21. The molecule has 32 heavy (non-hydrogen) atoms. The minimum atomic E-state index is -4.66. The number of fused-ring (bicyclic) bond motifs is 3. The molecule has 5 rings (SSSR count). The summed E-state index contributed by atoms with van der Waals surface area (Å²) in [6.45, 7) is 0. The van der Waals surface area contributed by atoms with Gasteiger partial charge in [0.15, 0.2) is 0 Å². The summed E-state index contributed by atoms with van der Waals surface area (Å²) < 4.78 is 70.8. The lowest BCUT2D eigenvalue weighted by molar-refractivity contribution is -0.137. The van der Waals surface area contributed by atoms with Crippen molar-refractivity contribution in [1.82, 2.24) is 9.55 Å². The lowest BCUT2D eigenvalue weighted by Crippen LogP contribution is -2.40. The third-order valence-corrected chi connectivity index (χ3v) is 7.17. The molecule has 0 saturated heterocycles. The maximum atomic E-state index is 13.9. The Morgan fingerprint density at radius 1 is 0.875 bits per heavy atom. The maximum Gasteiger partial charge on any atom is 0.416 e. The molecule has 0 saturated carbocycles. The van der Waals surface area contributed by atoms with Crippen LogP contribution in [0.25, 0.3) is 5.69 Å². The standard InChI is InChI=1S/C23H16F3N3O2S/c24-23(25,26)17-7-3-8-18(14-17)32(30,31)29-20-10-2-1-9-19(20)28-13-5-11-21(28)22(29)16-6-4-12-27-15-16/h1-15,22H/t22-/m1/s1. The van der Waals surface area contributed by atoms with Crippen LogP contribution in [0.3, 0.4) is 0 Å². The van der Waals surface area contributed by atoms with Gasteiger partial charge in [-0.1, -0.05) is 24.3 Å². The normalized spacial score (nSPS) is 15.8. The molecule has 0 bridgehead atoms. The van der Waals surface area contributed by atoms with Crippen LogP contribution in [-0.2, 0) is 16.2 Å². The molecule has 1 atom stereocenters. The van der Waals surface area contributed by atoms with Crippen LogP contribution in [0.5, 0.6) is 0 Å². The quantitative estimate of drug-likeness (QED) is 0.427. The zero-order chi connectivity index (χ0) is 22.5. The van der Waals surface area contributed by atoms with Gasteiger partial charge in [0.25, 0.3) is 10.0 Å². The number of halogens is 3. The number of nitrogens with zero attached hydrogens (tertiary/aromatic N) is 3. The molecule has 0 N–H and O–H groups in total. The number of pyridine rings is 1. The number of para-hydroxylation sites is 2. The van der Waals surface area contributed by atoms with Crippen molar-refractivity contribution in [2.45, 2.75) is 17.1 Å². The van der Waals surface area contributed by atoms with E-state index < -0.39 is 32.7 Å². The number of hydrogen-bond donors (Lipinski definition) is 0. The highest BCUT2D eigenvalue weighted by Gasteiger charge is 2.41. The maximum absolute atomic E-state index is 13.9. The SMILES string of the molecule is O=S(=O)(c1cccc(C(F)(F)F)c1)N1c2ccccc2-n2cccc2[C@H]1c1cccnc1. The number of aromatic nitrogens is 2. The second kappa shape index (κ2) is 7.23. The Hall–Kier alpha value is -3.59. The van der Waals surface area contributed by atoms with Gasteiger partial charge in [0.05, 0.1) is 27.5 Å². The van der Waals surface area contributed by atoms with E-state index in [2.05, 4.69) is 4.98 Å². The number of anilines is 1. The molecule has 9 heteroatoms. The van der Waals surface area contributed by atoms with Crippen LogP contribution in [-0.4, -0.2) is 18.0 Å². The first-order valence-corrected chi connectivity index (χ1v) is 11.1. The van der Waals surface area contributed by atoms with Crippen LogP contribution >= 0.6 is 0 Å². The van der Waals surface area contributed by atoms with Crippen LogP contribution in [0, 0.1) is 0 Å². The van der Waals surface area contributed by atoms with Crippen LogP contribution in [0.2, 0.25) is 0 Å². The van der Waals surface area contributed by atoms with E-state index in [1.54, 1.807) is 60.9 Å². The van der Waals surface area contributed by atoms with Gasteiger partial charge in [0, 0.05) is 18.6 Å². The van der Waals surface area contributed by atoms with E-state index in [1.807, 2.05) is 10.8 Å². The molecule has 0 unspecified atom stereocenters. The van der Waals surface area contributed by atoms with Crippen molar-refractivity contribution in [1.29, 1.82) is 0 Å². The van der Waals surface area contributed by atoms with Crippen LogP contribution in [0.1, 0.15) is 22.9 Å². The largest absolute Gasteiger partial charge is 0.416 e. The molecule has 2 aromatic carbocycles. The smallest absolute Gasteiger partial charge is 0.316 e. The first-order valence-electron chi connectivity index (χ1n) is 9.67. The van der Waals surface area contributed by atoms with Crippen LogP contribution < -0.4 is 4.31 Å². The van der Waals surface area contributed by atoms with Gasteiger partial charge in [-0.3, -0.25) is 9.29 Å². The summed E-state index contributed by atoms with van der Waals surface area (Å²) in [6, 6.07) is 16.9. The Balaban J connectivity index is 1.77. The first-order chi connectivity index (χ1) is 15.3. The van der Waals surface area contributed by atoms with Gasteiger partial charge in [-0.2, -0.15) is 13.2 Å². The van der Waals surface area contributed by atoms with Crippen molar-refractivity contribution in [2.75, 3.05) is 4.31 Å². The van der Waals surface area contributed by atoms with Gasteiger partial charge in [-0.25, -0.2) is 8.42 Å². The highest BCUT2D eigenvalue weighted by atomic mass is 32.2. The van der Waals surface area contributed by atoms with Crippen molar-refractivity contribution in [3.8, 4) is 5.69 Å². The lowest BCUT2D eigenvalue weighted by Gasteiger charge is -2.38. The molecule has 5 nitrogen and oxygen atoms in total. The molecular weight excluding hydrogens is 439 g/mol. The van der Waals surface area contributed by atoms with Crippen molar-refractivity contribution < 1.29 is 21.6 Å². The molecule has 0 amide bonds. The number of sulfonamides is 1. The predicted octanol–water partition coefficient (Wildman–Crippen LogP) is 5.19. The summed E-state index contributed by atoms with van der Waals surface area (Å²) in [7, 11) is -4.38. The Kier molecular flexibility index (Phi) is 4.59.